The van der Waals surface area contributed by atoms with Crippen molar-refractivity contribution >= 4 is 6.03 Å². The average molecular weight is 184 g/mol. The van der Waals surface area contributed by atoms with Gasteiger partial charge in [-0.1, -0.05) is 0 Å². The Labute approximate surface area is 80.7 Å². The van der Waals surface area contributed by atoms with E-state index in [1.54, 1.807) is 4.90 Å². The minimum atomic E-state index is 0.0413. The van der Waals surface area contributed by atoms with E-state index in [-0.39, 0.29) is 11.6 Å². The molecule has 1 rings (SSSR count). The van der Waals surface area contributed by atoms with E-state index in [9.17, 15) is 4.79 Å². The van der Waals surface area contributed by atoms with Gasteiger partial charge in [0.1, 0.15) is 0 Å². The van der Waals surface area contributed by atoms with Crippen LogP contribution in [-0.4, -0.2) is 42.0 Å². The van der Waals surface area contributed by atoms with Crippen molar-refractivity contribution in [2.24, 2.45) is 0 Å². The van der Waals surface area contributed by atoms with Crippen LogP contribution >= 0.6 is 0 Å². The maximum Gasteiger partial charge on any atom is 0.319 e. The highest BCUT2D eigenvalue weighted by Crippen LogP contribution is 2.27. The van der Waals surface area contributed by atoms with E-state index in [1.165, 1.54) is 6.42 Å². The highest BCUT2D eigenvalue weighted by molar-refractivity contribution is 5.74. The molecule has 76 valence electrons. The summed E-state index contributed by atoms with van der Waals surface area (Å²) in [6.07, 6.45) is 3.50. The Kier molecular flexibility index (Phi) is 2.84. The summed E-state index contributed by atoms with van der Waals surface area (Å²) < 4.78 is 0. The number of likely N-dealkylation sites (tertiary alicyclic amines) is 1. The predicted molar refractivity (Wildman–Crippen MR) is 53.7 cm³/mol. The molecule has 1 aliphatic rings. The predicted octanol–water partition coefficient (Wildman–Crippen LogP) is 1.93. The normalized spacial score (nSPS) is 21.4. The topological polar surface area (TPSA) is 23.6 Å². The molecule has 3 nitrogen and oxygen atoms in total. The second kappa shape index (κ2) is 3.56. The maximum absolute atomic E-state index is 11.8. The first kappa shape index (κ1) is 10.4. The van der Waals surface area contributed by atoms with Gasteiger partial charge in [0.2, 0.25) is 0 Å². The van der Waals surface area contributed by atoms with Crippen molar-refractivity contribution in [1.82, 2.24) is 9.80 Å². The molecule has 0 aromatic rings. The highest BCUT2D eigenvalue weighted by Gasteiger charge is 2.33. The summed E-state index contributed by atoms with van der Waals surface area (Å²) in [4.78, 5) is 15.4. The van der Waals surface area contributed by atoms with Gasteiger partial charge >= 0.3 is 6.03 Å². The summed E-state index contributed by atoms with van der Waals surface area (Å²) in [5.41, 5.74) is 0.0413. The van der Waals surface area contributed by atoms with Gasteiger partial charge in [-0.25, -0.2) is 4.79 Å². The molecule has 3 heteroatoms. The molecule has 0 aromatic carbocycles. The zero-order chi connectivity index (χ0) is 10.1. The Hall–Kier alpha value is -0.730. The largest absolute Gasteiger partial charge is 0.331 e. The van der Waals surface area contributed by atoms with E-state index >= 15 is 0 Å². The molecule has 0 radical (unpaired) electrons. The van der Waals surface area contributed by atoms with Crippen molar-refractivity contribution < 1.29 is 4.79 Å². The molecule has 1 heterocycles. The van der Waals surface area contributed by atoms with Crippen molar-refractivity contribution in [2.75, 3.05) is 20.6 Å². The number of nitrogens with zero attached hydrogens (tertiary/aromatic N) is 2. The second-order valence-electron chi connectivity index (χ2n) is 4.60. The molecule has 13 heavy (non-hydrogen) atoms. The van der Waals surface area contributed by atoms with Gasteiger partial charge in [0.05, 0.1) is 0 Å². The van der Waals surface area contributed by atoms with Gasteiger partial charge in [0.15, 0.2) is 0 Å². The zero-order valence-corrected chi connectivity index (χ0v) is 9.13. The highest BCUT2D eigenvalue weighted by atomic mass is 16.2. The molecule has 0 aromatic heterocycles. The lowest BCUT2D eigenvalue weighted by molar-refractivity contribution is 0.0857. The van der Waals surface area contributed by atoms with Crippen LogP contribution in [0.1, 0.15) is 33.1 Å². The van der Waals surface area contributed by atoms with Crippen molar-refractivity contribution in [3.63, 3.8) is 0 Å². The van der Waals surface area contributed by atoms with Crippen LogP contribution in [0.4, 0.5) is 4.79 Å². The fraction of sp³-hybridized carbons (Fsp3) is 0.900. The fourth-order valence-electron chi connectivity index (χ4n) is 1.86. The Bertz CT molecular complexity index is 199. The monoisotopic (exact) mass is 184 g/mol. The lowest BCUT2D eigenvalue weighted by Crippen LogP contribution is -2.53. The molecule has 0 unspecified atom stereocenters. The molecule has 0 atom stereocenters. The van der Waals surface area contributed by atoms with Crippen LogP contribution in [0.3, 0.4) is 0 Å². The number of piperidine rings is 1. The van der Waals surface area contributed by atoms with Crippen LogP contribution < -0.4 is 0 Å². The minimum Gasteiger partial charge on any atom is -0.331 e. The lowest BCUT2D eigenvalue weighted by atomic mass is 9.91. The Morgan fingerprint density at radius 3 is 2.38 bits per heavy atom. The van der Waals surface area contributed by atoms with Gasteiger partial charge in [0.25, 0.3) is 0 Å². The molecular weight excluding hydrogens is 164 g/mol. The molecule has 0 saturated carbocycles. The van der Waals surface area contributed by atoms with Crippen molar-refractivity contribution in [2.45, 2.75) is 38.6 Å². The fourth-order valence-corrected chi connectivity index (χ4v) is 1.86. The number of carbonyl (C=O) groups excluding carboxylic acids is 1. The number of rotatable bonds is 0. The van der Waals surface area contributed by atoms with E-state index < -0.39 is 0 Å². The van der Waals surface area contributed by atoms with E-state index in [1.807, 2.05) is 19.0 Å². The summed E-state index contributed by atoms with van der Waals surface area (Å²) in [7, 11) is 3.63. The van der Waals surface area contributed by atoms with E-state index in [4.69, 9.17) is 0 Å². The zero-order valence-electron chi connectivity index (χ0n) is 9.13. The number of carbonyl (C=O) groups is 1. The third-order valence-electron chi connectivity index (χ3n) is 2.76. The second-order valence-corrected chi connectivity index (χ2v) is 4.60. The van der Waals surface area contributed by atoms with Gasteiger partial charge in [0, 0.05) is 26.2 Å². The van der Waals surface area contributed by atoms with Crippen LogP contribution in [0.2, 0.25) is 0 Å². The van der Waals surface area contributed by atoms with E-state index in [0.717, 1.165) is 19.4 Å². The van der Waals surface area contributed by atoms with Crippen LogP contribution in [0.15, 0.2) is 0 Å². The van der Waals surface area contributed by atoms with Gasteiger partial charge in [-0.05, 0) is 33.1 Å². The minimum absolute atomic E-state index is 0.0413. The van der Waals surface area contributed by atoms with Crippen LogP contribution in [0, 0.1) is 0 Å². The first-order valence-corrected chi connectivity index (χ1v) is 4.94. The standard InChI is InChI=1S/C10H20N2O/c1-10(2)7-5-6-8-12(10)9(13)11(3)4/h5-8H2,1-4H3. The Morgan fingerprint density at radius 2 is 1.92 bits per heavy atom. The third kappa shape index (κ3) is 2.14. The molecule has 0 aliphatic carbocycles. The van der Waals surface area contributed by atoms with Crippen LogP contribution in [0.25, 0.3) is 0 Å². The van der Waals surface area contributed by atoms with Gasteiger partial charge in [-0.15, -0.1) is 0 Å². The summed E-state index contributed by atoms with van der Waals surface area (Å²) in [5.74, 6) is 0. The van der Waals surface area contributed by atoms with Crippen molar-refractivity contribution in [3.8, 4) is 0 Å². The molecule has 0 bridgehead atoms. The first-order chi connectivity index (χ1) is 5.95. The Balaban J connectivity index is 2.71. The lowest BCUT2D eigenvalue weighted by Gasteiger charge is -2.43. The smallest absolute Gasteiger partial charge is 0.319 e. The molecule has 1 saturated heterocycles. The van der Waals surface area contributed by atoms with Crippen LogP contribution in [-0.2, 0) is 0 Å². The molecule has 2 amide bonds. The third-order valence-corrected chi connectivity index (χ3v) is 2.76. The molecule has 0 N–H and O–H groups in total. The van der Waals surface area contributed by atoms with Crippen molar-refractivity contribution in [3.05, 3.63) is 0 Å². The maximum atomic E-state index is 11.8. The average Bonchev–Trinajstić information content (AvgIpc) is 2.02. The van der Waals surface area contributed by atoms with Crippen molar-refractivity contribution in [1.29, 1.82) is 0 Å². The Morgan fingerprint density at radius 1 is 1.31 bits per heavy atom. The van der Waals surface area contributed by atoms with Gasteiger partial charge in [-0.3, -0.25) is 0 Å². The molecule has 0 spiro atoms. The van der Waals surface area contributed by atoms with Gasteiger partial charge in [-0.2, -0.15) is 0 Å². The molecule has 1 aliphatic heterocycles. The number of hydrogen-bond donors (Lipinski definition) is 0. The molecule has 1 fully saturated rings. The SMILES string of the molecule is CN(C)C(=O)N1CCCCC1(C)C. The molecular formula is C10H20N2O. The van der Waals surface area contributed by atoms with Crippen LogP contribution in [0.5, 0.6) is 0 Å². The number of amides is 2. The summed E-state index contributed by atoms with van der Waals surface area (Å²) in [5, 5.41) is 0. The summed E-state index contributed by atoms with van der Waals surface area (Å²) in [6.45, 7) is 5.20. The van der Waals surface area contributed by atoms with Gasteiger partial charge < -0.3 is 9.80 Å². The van der Waals surface area contributed by atoms with E-state index in [2.05, 4.69) is 13.8 Å². The first-order valence-electron chi connectivity index (χ1n) is 4.94. The quantitative estimate of drug-likeness (QED) is 0.564. The van der Waals surface area contributed by atoms with E-state index in [0.29, 0.717) is 0 Å². The number of hydrogen-bond acceptors (Lipinski definition) is 1. The number of urea groups is 1. The summed E-state index contributed by atoms with van der Waals surface area (Å²) >= 11 is 0. The summed E-state index contributed by atoms with van der Waals surface area (Å²) in [6, 6.07) is 0.143.